The van der Waals surface area contributed by atoms with Crippen LogP contribution in [0, 0.1) is 5.92 Å². The van der Waals surface area contributed by atoms with Crippen LogP contribution in [0.25, 0.3) is 0 Å². The summed E-state index contributed by atoms with van der Waals surface area (Å²) in [5.74, 6) is 0.459. The Morgan fingerprint density at radius 2 is 1.81 bits per heavy atom. The fraction of sp³-hybridized carbons (Fsp3) is 0.562. The fourth-order valence-corrected chi connectivity index (χ4v) is 3.64. The zero-order valence-corrected chi connectivity index (χ0v) is 13.4. The highest BCUT2D eigenvalue weighted by molar-refractivity contribution is 7.89. The molecule has 1 aromatic rings. The first-order valence-electron chi connectivity index (χ1n) is 7.43. The maximum atomic E-state index is 12.2. The van der Waals surface area contributed by atoms with Gasteiger partial charge >= 0.3 is 0 Å². The number of sulfone groups is 1. The third-order valence-electron chi connectivity index (χ3n) is 4.07. The minimum atomic E-state index is -3.04. The second kappa shape index (κ2) is 6.60. The van der Waals surface area contributed by atoms with Crippen LogP contribution in [0.3, 0.4) is 0 Å². The quantitative estimate of drug-likeness (QED) is 0.929. The highest BCUT2D eigenvalue weighted by Gasteiger charge is 2.23. The van der Waals surface area contributed by atoms with E-state index in [4.69, 9.17) is 0 Å². The second-order valence-electron chi connectivity index (χ2n) is 6.11. The third kappa shape index (κ3) is 4.84. The molecule has 1 saturated carbocycles. The van der Waals surface area contributed by atoms with Gasteiger partial charge < -0.3 is 5.32 Å². The zero-order chi connectivity index (χ0) is 15.5. The van der Waals surface area contributed by atoms with Crippen molar-refractivity contribution in [3.63, 3.8) is 0 Å². The van der Waals surface area contributed by atoms with E-state index in [1.807, 2.05) is 0 Å². The SMILES string of the molecule is C[C@H]1CCCC[C@@H]1NC(=O)c1ccc(CS(C)(=O)=O)cc1. The number of carbonyl (C=O) groups excluding carboxylic acids is 1. The number of amides is 1. The predicted molar refractivity (Wildman–Crippen MR) is 83.9 cm³/mol. The van der Waals surface area contributed by atoms with Gasteiger partial charge in [-0.1, -0.05) is 31.9 Å². The molecule has 1 fully saturated rings. The summed E-state index contributed by atoms with van der Waals surface area (Å²) in [5, 5.41) is 3.10. The van der Waals surface area contributed by atoms with E-state index in [-0.39, 0.29) is 17.7 Å². The molecule has 0 aromatic heterocycles. The van der Waals surface area contributed by atoms with Crippen molar-refractivity contribution in [2.75, 3.05) is 6.26 Å². The van der Waals surface area contributed by atoms with Crippen LogP contribution in [0.15, 0.2) is 24.3 Å². The molecule has 0 bridgehead atoms. The monoisotopic (exact) mass is 309 g/mol. The van der Waals surface area contributed by atoms with Crippen molar-refractivity contribution in [2.45, 2.75) is 44.4 Å². The molecule has 0 saturated heterocycles. The van der Waals surface area contributed by atoms with E-state index >= 15 is 0 Å². The highest BCUT2D eigenvalue weighted by atomic mass is 32.2. The Kier molecular flexibility index (Phi) is 5.04. The Bertz CT molecular complexity index is 592. The molecule has 2 rings (SSSR count). The first-order chi connectivity index (χ1) is 9.85. The normalized spacial score (nSPS) is 22.8. The summed E-state index contributed by atoms with van der Waals surface area (Å²) in [4.78, 5) is 12.2. The standard InChI is InChI=1S/C16H23NO3S/c1-12-5-3-4-6-15(12)17-16(18)14-9-7-13(8-10-14)11-21(2,19)20/h7-10,12,15H,3-6,11H2,1-2H3,(H,17,18)/t12-,15-/m0/s1. The molecule has 1 amide bonds. The number of benzene rings is 1. The second-order valence-corrected chi connectivity index (χ2v) is 8.25. The van der Waals surface area contributed by atoms with Crippen molar-refractivity contribution in [1.82, 2.24) is 5.32 Å². The van der Waals surface area contributed by atoms with Crippen molar-refractivity contribution in [2.24, 2.45) is 5.92 Å². The van der Waals surface area contributed by atoms with Crippen molar-refractivity contribution >= 4 is 15.7 Å². The molecular weight excluding hydrogens is 286 g/mol. The summed E-state index contributed by atoms with van der Waals surface area (Å²) in [6.07, 6.45) is 5.83. The predicted octanol–water partition coefficient (Wildman–Crippen LogP) is 2.54. The summed E-state index contributed by atoms with van der Waals surface area (Å²) in [5.41, 5.74) is 1.30. The number of carbonyl (C=O) groups is 1. The fourth-order valence-electron chi connectivity index (χ4n) is 2.84. The van der Waals surface area contributed by atoms with E-state index in [1.165, 1.54) is 19.1 Å². The number of hydrogen-bond acceptors (Lipinski definition) is 3. The highest BCUT2D eigenvalue weighted by Crippen LogP contribution is 2.24. The molecule has 5 heteroatoms. The topological polar surface area (TPSA) is 63.2 Å². The lowest BCUT2D eigenvalue weighted by molar-refractivity contribution is 0.0910. The first-order valence-corrected chi connectivity index (χ1v) is 9.49. The van der Waals surface area contributed by atoms with Gasteiger partial charge in [-0.25, -0.2) is 8.42 Å². The third-order valence-corrected chi connectivity index (χ3v) is 4.93. The van der Waals surface area contributed by atoms with Gasteiger partial charge in [0.1, 0.15) is 0 Å². The van der Waals surface area contributed by atoms with E-state index in [0.717, 1.165) is 12.8 Å². The van der Waals surface area contributed by atoms with E-state index in [9.17, 15) is 13.2 Å². The van der Waals surface area contributed by atoms with Gasteiger partial charge in [-0.3, -0.25) is 4.79 Å². The molecule has 4 nitrogen and oxygen atoms in total. The van der Waals surface area contributed by atoms with Crippen LogP contribution in [-0.4, -0.2) is 26.6 Å². The van der Waals surface area contributed by atoms with Crippen LogP contribution in [-0.2, 0) is 15.6 Å². The Labute approximate surface area is 126 Å². The van der Waals surface area contributed by atoms with Crippen molar-refractivity contribution in [3.8, 4) is 0 Å². The molecule has 21 heavy (non-hydrogen) atoms. The molecule has 1 aromatic carbocycles. The van der Waals surface area contributed by atoms with Gasteiger partial charge in [-0.2, -0.15) is 0 Å². The molecule has 1 aliphatic rings. The van der Waals surface area contributed by atoms with E-state index in [1.54, 1.807) is 24.3 Å². The Balaban J connectivity index is 1.99. The minimum absolute atomic E-state index is 0.00849. The summed E-state index contributed by atoms with van der Waals surface area (Å²) >= 11 is 0. The summed E-state index contributed by atoms with van der Waals surface area (Å²) < 4.78 is 22.5. The smallest absolute Gasteiger partial charge is 0.251 e. The lowest BCUT2D eigenvalue weighted by Crippen LogP contribution is -2.41. The van der Waals surface area contributed by atoms with Crippen molar-refractivity contribution in [1.29, 1.82) is 0 Å². The zero-order valence-electron chi connectivity index (χ0n) is 12.6. The van der Waals surface area contributed by atoms with Gasteiger partial charge in [-0.05, 0) is 36.5 Å². The Morgan fingerprint density at radius 3 is 2.38 bits per heavy atom. The largest absolute Gasteiger partial charge is 0.349 e. The Morgan fingerprint density at radius 1 is 1.19 bits per heavy atom. The average molecular weight is 309 g/mol. The molecule has 0 aliphatic heterocycles. The minimum Gasteiger partial charge on any atom is -0.349 e. The average Bonchev–Trinajstić information content (AvgIpc) is 2.40. The van der Waals surface area contributed by atoms with Crippen LogP contribution in [0.4, 0.5) is 0 Å². The molecule has 2 atom stereocenters. The summed E-state index contributed by atoms with van der Waals surface area (Å²) in [6, 6.07) is 7.06. The molecule has 1 N–H and O–H groups in total. The first kappa shape index (κ1) is 16.0. The van der Waals surface area contributed by atoms with Crippen LogP contribution < -0.4 is 5.32 Å². The van der Waals surface area contributed by atoms with Crippen LogP contribution in [0.5, 0.6) is 0 Å². The molecule has 0 heterocycles. The van der Waals surface area contributed by atoms with Gasteiger partial charge in [0.05, 0.1) is 5.75 Å². The maximum absolute atomic E-state index is 12.2. The van der Waals surface area contributed by atoms with Crippen molar-refractivity contribution in [3.05, 3.63) is 35.4 Å². The van der Waals surface area contributed by atoms with Gasteiger partial charge in [0.25, 0.3) is 5.91 Å². The number of nitrogens with one attached hydrogen (secondary N) is 1. The molecule has 116 valence electrons. The van der Waals surface area contributed by atoms with Gasteiger partial charge in [0.15, 0.2) is 9.84 Å². The number of hydrogen-bond donors (Lipinski definition) is 1. The van der Waals surface area contributed by atoms with Crippen LogP contribution in [0.2, 0.25) is 0 Å². The molecule has 0 radical (unpaired) electrons. The maximum Gasteiger partial charge on any atom is 0.251 e. The van der Waals surface area contributed by atoms with Crippen molar-refractivity contribution < 1.29 is 13.2 Å². The molecular formula is C16H23NO3S. The lowest BCUT2D eigenvalue weighted by Gasteiger charge is -2.29. The lowest BCUT2D eigenvalue weighted by atomic mass is 9.86. The van der Waals surface area contributed by atoms with E-state index in [2.05, 4.69) is 12.2 Å². The summed E-state index contributed by atoms with van der Waals surface area (Å²) in [6.45, 7) is 2.18. The van der Waals surface area contributed by atoms with Gasteiger partial charge in [0.2, 0.25) is 0 Å². The van der Waals surface area contributed by atoms with E-state index in [0.29, 0.717) is 17.0 Å². The molecule has 0 unspecified atom stereocenters. The molecule has 0 spiro atoms. The Hall–Kier alpha value is -1.36. The van der Waals surface area contributed by atoms with Gasteiger partial charge in [0, 0.05) is 17.9 Å². The van der Waals surface area contributed by atoms with Crippen LogP contribution in [0.1, 0.15) is 48.5 Å². The summed E-state index contributed by atoms with van der Waals surface area (Å²) in [7, 11) is -3.04. The van der Waals surface area contributed by atoms with Gasteiger partial charge in [-0.15, -0.1) is 0 Å². The number of rotatable bonds is 4. The van der Waals surface area contributed by atoms with E-state index < -0.39 is 9.84 Å². The molecule has 1 aliphatic carbocycles. The van der Waals surface area contributed by atoms with Crippen LogP contribution >= 0.6 is 0 Å².